The molecule has 1 aliphatic rings. The average molecular weight is 217 g/mol. The van der Waals surface area contributed by atoms with Gasteiger partial charge in [-0.25, -0.2) is 0 Å². The third-order valence-corrected chi connectivity index (χ3v) is 2.62. The maximum absolute atomic E-state index is 5.37. The summed E-state index contributed by atoms with van der Waals surface area (Å²) in [7, 11) is 3.44. The van der Waals surface area contributed by atoms with Crippen LogP contribution < -0.4 is 5.32 Å². The van der Waals surface area contributed by atoms with Gasteiger partial charge in [0, 0.05) is 26.8 Å². The van der Waals surface area contributed by atoms with Crippen molar-refractivity contribution >= 4 is 0 Å². The molecule has 0 amide bonds. The van der Waals surface area contributed by atoms with Crippen LogP contribution in [0.5, 0.6) is 0 Å². The molecule has 0 bridgehead atoms. The van der Waals surface area contributed by atoms with Gasteiger partial charge < -0.3 is 19.5 Å². The van der Waals surface area contributed by atoms with Gasteiger partial charge in [0.05, 0.1) is 26.4 Å². The zero-order chi connectivity index (χ0) is 10.9. The van der Waals surface area contributed by atoms with Crippen LogP contribution in [0.2, 0.25) is 0 Å². The molecular weight excluding hydrogens is 194 g/mol. The monoisotopic (exact) mass is 217 g/mol. The molecule has 4 heteroatoms. The highest BCUT2D eigenvalue weighted by molar-refractivity contribution is 4.86. The number of rotatable bonds is 10. The van der Waals surface area contributed by atoms with Crippen LogP contribution in [0.15, 0.2) is 0 Å². The SMILES string of the molecule is COCCOCCNC(COC)C1CC1. The van der Waals surface area contributed by atoms with Crippen LogP contribution in [0, 0.1) is 5.92 Å². The maximum atomic E-state index is 5.37. The van der Waals surface area contributed by atoms with Crippen molar-refractivity contribution in [1.29, 1.82) is 0 Å². The predicted molar refractivity (Wildman–Crippen MR) is 59.1 cm³/mol. The van der Waals surface area contributed by atoms with Crippen molar-refractivity contribution < 1.29 is 14.2 Å². The van der Waals surface area contributed by atoms with Crippen LogP contribution in [-0.4, -0.2) is 53.2 Å². The normalized spacial score (nSPS) is 18.0. The molecule has 1 aliphatic carbocycles. The molecule has 0 aromatic carbocycles. The van der Waals surface area contributed by atoms with E-state index in [0.29, 0.717) is 19.3 Å². The summed E-state index contributed by atoms with van der Waals surface area (Å²) in [6.07, 6.45) is 2.68. The second kappa shape index (κ2) is 8.05. The molecule has 1 fully saturated rings. The zero-order valence-corrected chi connectivity index (χ0v) is 9.83. The molecule has 1 saturated carbocycles. The van der Waals surface area contributed by atoms with Crippen LogP contribution in [0.3, 0.4) is 0 Å². The van der Waals surface area contributed by atoms with Gasteiger partial charge in [-0.15, -0.1) is 0 Å². The lowest BCUT2D eigenvalue weighted by molar-refractivity contribution is 0.0685. The van der Waals surface area contributed by atoms with Gasteiger partial charge in [0.2, 0.25) is 0 Å². The zero-order valence-electron chi connectivity index (χ0n) is 9.83. The molecule has 0 aliphatic heterocycles. The van der Waals surface area contributed by atoms with Crippen LogP contribution in [0.4, 0.5) is 0 Å². The number of methoxy groups -OCH3 is 2. The Morgan fingerprint density at radius 3 is 2.53 bits per heavy atom. The number of hydrogen-bond donors (Lipinski definition) is 1. The third kappa shape index (κ3) is 6.10. The molecule has 15 heavy (non-hydrogen) atoms. The maximum Gasteiger partial charge on any atom is 0.0700 e. The van der Waals surface area contributed by atoms with Gasteiger partial charge in [0.25, 0.3) is 0 Å². The molecule has 90 valence electrons. The average Bonchev–Trinajstić information content (AvgIpc) is 3.05. The highest BCUT2D eigenvalue weighted by Gasteiger charge is 2.30. The summed E-state index contributed by atoms with van der Waals surface area (Å²) in [6.45, 7) is 3.80. The van der Waals surface area contributed by atoms with Crippen LogP contribution in [0.25, 0.3) is 0 Å². The van der Waals surface area contributed by atoms with Crippen molar-refractivity contribution in [2.24, 2.45) is 5.92 Å². The van der Waals surface area contributed by atoms with E-state index in [9.17, 15) is 0 Å². The van der Waals surface area contributed by atoms with Crippen molar-refractivity contribution in [3.8, 4) is 0 Å². The molecule has 1 rings (SSSR count). The predicted octanol–water partition coefficient (Wildman–Crippen LogP) is 0.664. The third-order valence-electron chi connectivity index (χ3n) is 2.62. The quantitative estimate of drug-likeness (QED) is 0.546. The summed E-state index contributed by atoms with van der Waals surface area (Å²) in [4.78, 5) is 0. The van der Waals surface area contributed by atoms with Crippen molar-refractivity contribution in [2.75, 3.05) is 47.2 Å². The van der Waals surface area contributed by atoms with E-state index in [1.807, 2.05) is 0 Å². The molecule has 4 nitrogen and oxygen atoms in total. The second-order valence-corrected chi connectivity index (χ2v) is 3.96. The van der Waals surface area contributed by atoms with Crippen LogP contribution >= 0.6 is 0 Å². The highest BCUT2D eigenvalue weighted by atomic mass is 16.5. The van der Waals surface area contributed by atoms with E-state index in [4.69, 9.17) is 14.2 Å². The van der Waals surface area contributed by atoms with E-state index < -0.39 is 0 Å². The minimum atomic E-state index is 0.515. The van der Waals surface area contributed by atoms with Gasteiger partial charge in [0.15, 0.2) is 0 Å². The Balaban J connectivity index is 1.92. The first-order chi connectivity index (χ1) is 7.38. The number of hydrogen-bond acceptors (Lipinski definition) is 4. The molecule has 0 radical (unpaired) electrons. The van der Waals surface area contributed by atoms with E-state index >= 15 is 0 Å². The van der Waals surface area contributed by atoms with Crippen LogP contribution in [0.1, 0.15) is 12.8 Å². The molecule has 1 N–H and O–H groups in total. The van der Waals surface area contributed by atoms with Gasteiger partial charge >= 0.3 is 0 Å². The first kappa shape index (κ1) is 12.9. The van der Waals surface area contributed by atoms with Gasteiger partial charge in [-0.2, -0.15) is 0 Å². The van der Waals surface area contributed by atoms with E-state index in [1.54, 1.807) is 14.2 Å². The minimum Gasteiger partial charge on any atom is -0.383 e. The first-order valence-corrected chi connectivity index (χ1v) is 5.67. The summed E-state index contributed by atoms with van der Waals surface area (Å²) in [5.74, 6) is 0.823. The fourth-order valence-electron chi connectivity index (χ4n) is 1.60. The summed E-state index contributed by atoms with van der Waals surface area (Å²) in [6, 6.07) is 0.515. The van der Waals surface area contributed by atoms with Gasteiger partial charge in [-0.05, 0) is 18.8 Å². The molecule has 0 aromatic rings. The minimum absolute atomic E-state index is 0.515. The van der Waals surface area contributed by atoms with Crippen molar-refractivity contribution in [3.63, 3.8) is 0 Å². The van der Waals surface area contributed by atoms with Gasteiger partial charge in [-0.1, -0.05) is 0 Å². The summed E-state index contributed by atoms with van der Waals surface area (Å²) >= 11 is 0. The van der Waals surface area contributed by atoms with Gasteiger partial charge in [0.1, 0.15) is 0 Å². The Kier molecular flexibility index (Phi) is 6.92. The van der Waals surface area contributed by atoms with E-state index in [0.717, 1.165) is 25.7 Å². The fraction of sp³-hybridized carbons (Fsp3) is 1.00. The molecule has 0 heterocycles. The van der Waals surface area contributed by atoms with E-state index in [-0.39, 0.29) is 0 Å². The topological polar surface area (TPSA) is 39.7 Å². The highest BCUT2D eigenvalue weighted by Crippen LogP contribution is 2.32. The van der Waals surface area contributed by atoms with E-state index in [1.165, 1.54) is 12.8 Å². The number of nitrogens with one attached hydrogen (secondary N) is 1. The molecule has 0 saturated heterocycles. The van der Waals surface area contributed by atoms with Crippen molar-refractivity contribution in [3.05, 3.63) is 0 Å². The second-order valence-electron chi connectivity index (χ2n) is 3.96. The summed E-state index contributed by atoms with van der Waals surface area (Å²) in [5.41, 5.74) is 0. The largest absolute Gasteiger partial charge is 0.383 e. The van der Waals surface area contributed by atoms with Crippen LogP contribution in [-0.2, 0) is 14.2 Å². The van der Waals surface area contributed by atoms with Gasteiger partial charge in [-0.3, -0.25) is 0 Å². The standard InChI is InChI=1S/C11H23NO3/c1-13-7-8-15-6-5-12-11(9-14-2)10-3-4-10/h10-12H,3-9H2,1-2H3. The van der Waals surface area contributed by atoms with E-state index in [2.05, 4.69) is 5.32 Å². The molecule has 1 atom stereocenters. The lowest BCUT2D eigenvalue weighted by atomic mass is 10.2. The Morgan fingerprint density at radius 2 is 1.93 bits per heavy atom. The smallest absolute Gasteiger partial charge is 0.0700 e. The Bertz CT molecular complexity index is 151. The first-order valence-electron chi connectivity index (χ1n) is 5.67. The fourth-order valence-corrected chi connectivity index (χ4v) is 1.60. The lowest BCUT2D eigenvalue weighted by Gasteiger charge is -2.17. The molecular formula is C11H23NO3. The summed E-state index contributed by atoms with van der Waals surface area (Å²) in [5, 5.41) is 3.47. The Labute approximate surface area is 92.3 Å². The molecule has 0 aromatic heterocycles. The molecule has 1 unspecified atom stereocenters. The van der Waals surface area contributed by atoms with Crippen molar-refractivity contribution in [1.82, 2.24) is 5.32 Å². The summed E-state index contributed by atoms with van der Waals surface area (Å²) < 4.78 is 15.4. The van der Waals surface area contributed by atoms with Crippen molar-refractivity contribution in [2.45, 2.75) is 18.9 Å². The Morgan fingerprint density at radius 1 is 1.13 bits per heavy atom. The lowest BCUT2D eigenvalue weighted by Crippen LogP contribution is -2.37. The number of ether oxygens (including phenoxy) is 3. The molecule has 0 spiro atoms. The Hall–Kier alpha value is -0.160.